The molecule has 2 aromatic rings. The normalized spacial score (nSPS) is 13.0. The number of aryl methyl sites for hydroxylation is 1. The van der Waals surface area contributed by atoms with E-state index < -0.39 is 0 Å². The molecule has 0 aromatic heterocycles. The minimum absolute atomic E-state index is 0.135. The van der Waals surface area contributed by atoms with E-state index in [1.54, 1.807) is 18.2 Å². The molecule has 0 atom stereocenters. The van der Waals surface area contributed by atoms with Crippen molar-refractivity contribution in [1.82, 2.24) is 0 Å². The lowest BCUT2D eigenvalue weighted by Crippen LogP contribution is -2.43. The number of ether oxygens (including phenoxy) is 1. The second-order valence-electron chi connectivity index (χ2n) is 5.91. The molecule has 0 bridgehead atoms. The zero-order valence-electron chi connectivity index (χ0n) is 14.0. The van der Waals surface area contributed by atoms with Gasteiger partial charge in [0.2, 0.25) is 5.91 Å². The highest BCUT2D eigenvalue weighted by molar-refractivity contribution is 6.05. The molecule has 1 aliphatic rings. The largest absolute Gasteiger partial charge is 0.482 e. The average molecular weight is 338 g/mol. The van der Waals surface area contributed by atoms with Gasteiger partial charge in [0.1, 0.15) is 18.6 Å². The Labute approximate surface area is 145 Å². The van der Waals surface area contributed by atoms with Crippen LogP contribution in [0.15, 0.2) is 36.4 Å². The maximum Gasteiger partial charge on any atom is 0.265 e. The van der Waals surface area contributed by atoms with E-state index in [1.807, 2.05) is 32.0 Å². The summed E-state index contributed by atoms with van der Waals surface area (Å²) >= 11 is 0. The van der Waals surface area contributed by atoms with E-state index in [1.165, 1.54) is 4.90 Å². The number of hydrogen-bond donors (Lipinski definition) is 1. The highest BCUT2D eigenvalue weighted by atomic mass is 16.5. The van der Waals surface area contributed by atoms with Crippen molar-refractivity contribution in [2.75, 3.05) is 23.4 Å². The number of amides is 2. The van der Waals surface area contributed by atoms with Gasteiger partial charge < -0.3 is 10.1 Å². The highest BCUT2D eigenvalue weighted by Gasteiger charge is 2.27. The van der Waals surface area contributed by atoms with Crippen LogP contribution in [0.1, 0.15) is 21.5 Å². The molecule has 3 rings (SSSR count). The van der Waals surface area contributed by atoms with E-state index in [-0.39, 0.29) is 25.0 Å². The third kappa shape index (κ3) is 3.38. The zero-order chi connectivity index (χ0) is 18.0. The number of anilines is 2. The molecule has 2 aromatic carbocycles. The lowest BCUT2D eigenvalue weighted by Gasteiger charge is -2.29. The standard InChI is InChI=1S/C19H18N2O4/c1-12-4-3-5-15(13(12)2)20-18(23)9-21-16-8-14(10-22)6-7-17(16)25-11-19(21)24/h3-8,10H,9,11H2,1-2H3,(H,20,23). The number of carbonyl (C=O) groups excluding carboxylic acids is 3. The van der Waals surface area contributed by atoms with Gasteiger partial charge in [0.15, 0.2) is 6.61 Å². The molecule has 1 aliphatic heterocycles. The molecule has 0 saturated heterocycles. The maximum atomic E-state index is 12.4. The van der Waals surface area contributed by atoms with Crippen molar-refractivity contribution in [2.45, 2.75) is 13.8 Å². The summed E-state index contributed by atoms with van der Waals surface area (Å²) in [7, 11) is 0. The van der Waals surface area contributed by atoms with Crippen molar-refractivity contribution < 1.29 is 19.1 Å². The Morgan fingerprint density at radius 1 is 1.28 bits per heavy atom. The van der Waals surface area contributed by atoms with Gasteiger partial charge in [0, 0.05) is 11.3 Å². The lowest BCUT2D eigenvalue weighted by molar-refractivity contribution is -0.123. The van der Waals surface area contributed by atoms with E-state index in [2.05, 4.69) is 5.32 Å². The van der Waals surface area contributed by atoms with Crippen LogP contribution in [-0.4, -0.2) is 31.3 Å². The van der Waals surface area contributed by atoms with Crippen LogP contribution in [0.25, 0.3) is 0 Å². The van der Waals surface area contributed by atoms with Crippen LogP contribution in [-0.2, 0) is 9.59 Å². The smallest absolute Gasteiger partial charge is 0.265 e. The molecule has 0 spiro atoms. The minimum atomic E-state index is -0.327. The Morgan fingerprint density at radius 3 is 2.84 bits per heavy atom. The molecule has 128 valence electrons. The fourth-order valence-electron chi connectivity index (χ4n) is 2.69. The van der Waals surface area contributed by atoms with E-state index in [4.69, 9.17) is 4.74 Å². The first-order chi connectivity index (χ1) is 12.0. The number of nitrogens with zero attached hydrogens (tertiary/aromatic N) is 1. The third-order valence-corrected chi connectivity index (χ3v) is 4.24. The van der Waals surface area contributed by atoms with Crippen molar-refractivity contribution >= 4 is 29.5 Å². The molecular formula is C19H18N2O4. The summed E-state index contributed by atoms with van der Waals surface area (Å²) in [5.41, 5.74) is 3.61. The lowest BCUT2D eigenvalue weighted by atomic mass is 10.1. The number of benzene rings is 2. The van der Waals surface area contributed by atoms with Crippen molar-refractivity contribution in [3.63, 3.8) is 0 Å². The van der Waals surface area contributed by atoms with Gasteiger partial charge in [-0.3, -0.25) is 19.3 Å². The fraction of sp³-hybridized carbons (Fsp3) is 0.211. The average Bonchev–Trinajstić information content (AvgIpc) is 2.61. The van der Waals surface area contributed by atoms with Crippen LogP contribution in [0.3, 0.4) is 0 Å². The Kier molecular flexibility index (Phi) is 4.52. The predicted octanol–water partition coefficient (Wildman–Crippen LogP) is 2.48. The molecule has 6 nitrogen and oxygen atoms in total. The molecule has 6 heteroatoms. The first-order valence-electron chi connectivity index (χ1n) is 7.88. The molecule has 25 heavy (non-hydrogen) atoms. The molecule has 0 saturated carbocycles. The van der Waals surface area contributed by atoms with Crippen molar-refractivity contribution in [2.24, 2.45) is 0 Å². The number of fused-ring (bicyclic) bond motifs is 1. The van der Waals surface area contributed by atoms with E-state index >= 15 is 0 Å². The first-order valence-corrected chi connectivity index (χ1v) is 7.88. The second kappa shape index (κ2) is 6.76. The van der Waals surface area contributed by atoms with Gasteiger partial charge in [-0.2, -0.15) is 0 Å². The van der Waals surface area contributed by atoms with Gasteiger partial charge in [0.25, 0.3) is 5.91 Å². The van der Waals surface area contributed by atoms with Crippen molar-refractivity contribution in [1.29, 1.82) is 0 Å². The summed E-state index contributed by atoms with van der Waals surface area (Å²) in [5, 5.41) is 2.84. The van der Waals surface area contributed by atoms with Crippen molar-refractivity contribution in [3.05, 3.63) is 53.1 Å². The summed E-state index contributed by atoms with van der Waals surface area (Å²) in [6, 6.07) is 10.4. The van der Waals surface area contributed by atoms with Gasteiger partial charge in [-0.25, -0.2) is 0 Å². The van der Waals surface area contributed by atoms with Gasteiger partial charge in [-0.1, -0.05) is 12.1 Å². The monoisotopic (exact) mass is 338 g/mol. The van der Waals surface area contributed by atoms with Gasteiger partial charge in [-0.15, -0.1) is 0 Å². The summed E-state index contributed by atoms with van der Waals surface area (Å²) in [5.74, 6) is -0.164. The van der Waals surface area contributed by atoms with Crippen LogP contribution >= 0.6 is 0 Å². The van der Waals surface area contributed by atoms with Gasteiger partial charge in [-0.05, 0) is 49.2 Å². The molecule has 2 amide bonds. The minimum Gasteiger partial charge on any atom is -0.482 e. The first kappa shape index (κ1) is 16.7. The van der Waals surface area contributed by atoms with Gasteiger partial charge >= 0.3 is 0 Å². The number of rotatable bonds is 4. The molecule has 0 fully saturated rings. The fourth-order valence-corrected chi connectivity index (χ4v) is 2.69. The number of carbonyl (C=O) groups is 3. The second-order valence-corrected chi connectivity index (χ2v) is 5.91. The maximum absolute atomic E-state index is 12.4. The number of nitrogens with one attached hydrogen (secondary N) is 1. The Morgan fingerprint density at radius 2 is 2.08 bits per heavy atom. The molecular weight excluding hydrogens is 320 g/mol. The molecule has 0 unspecified atom stereocenters. The van der Waals surface area contributed by atoms with E-state index in [0.29, 0.717) is 29.0 Å². The summed E-state index contributed by atoms with van der Waals surface area (Å²) in [4.78, 5) is 37.0. The zero-order valence-corrected chi connectivity index (χ0v) is 14.0. The Balaban J connectivity index is 1.82. The van der Waals surface area contributed by atoms with Crippen LogP contribution in [0.4, 0.5) is 11.4 Å². The summed E-state index contributed by atoms with van der Waals surface area (Å²) in [6.45, 7) is 3.61. The third-order valence-electron chi connectivity index (χ3n) is 4.24. The van der Waals surface area contributed by atoms with Gasteiger partial charge in [0.05, 0.1) is 5.69 Å². The quantitative estimate of drug-likeness (QED) is 0.869. The molecule has 0 aliphatic carbocycles. The topological polar surface area (TPSA) is 75.7 Å². The van der Waals surface area contributed by atoms with E-state index in [0.717, 1.165) is 11.1 Å². The van der Waals surface area contributed by atoms with Crippen LogP contribution < -0.4 is 15.0 Å². The molecule has 0 radical (unpaired) electrons. The van der Waals surface area contributed by atoms with Crippen LogP contribution in [0.2, 0.25) is 0 Å². The Bertz CT molecular complexity index is 860. The SMILES string of the molecule is Cc1cccc(NC(=O)CN2C(=O)COc3ccc(C=O)cc32)c1C. The number of hydrogen-bond acceptors (Lipinski definition) is 4. The predicted molar refractivity (Wildman–Crippen MR) is 94.2 cm³/mol. The highest BCUT2D eigenvalue weighted by Crippen LogP contribution is 2.32. The summed E-state index contributed by atoms with van der Waals surface area (Å²) in [6.07, 6.45) is 0.688. The van der Waals surface area contributed by atoms with Crippen LogP contribution in [0.5, 0.6) is 5.75 Å². The van der Waals surface area contributed by atoms with E-state index in [9.17, 15) is 14.4 Å². The summed E-state index contributed by atoms with van der Waals surface area (Å²) < 4.78 is 5.36. The molecule has 1 heterocycles. The van der Waals surface area contributed by atoms with Crippen molar-refractivity contribution in [3.8, 4) is 5.75 Å². The molecule has 1 N–H and O–H groups in total. The number of aldehydes is 1. The Hall–Kier alpha value is -3.15. The van der Waals surface area contributed by atoms with Crippen LogP contribution in [0, 0.1) is 13.8 Å².